The van der Waals surface area contributed by atoms with Crippen molar-refractivity contribution in [2.75, 3.05) is 0 Å². The van der Waals surface area contributed by atoms with E-state index in [1.165, 1.54) is 45.3 Å². The second-order valence-electron chi connectivity index (χ2n) is 14.8. The average Bonchev–Trinajstić information content (AvgIpc) is 3.59. The second-order valence-corrected chi connectivity index (χ2v) is 14.8. The minimum atomic E-state index is 0.331. The topological polar surface area (TPSA) is 44.9 Å². The Bertz CT molecular complexity index is 2180. The molecule has 0 N–H and O–H groups in total. The third kappa shape index (κ3) is 6.20. The largest absolute Gasteiger partial charge is 0.457 e. The van der Waals surface area contributed by atoms with Gasteiger partial charge in [-0.25, -0.2) is 9.67 Å². The normalized spacial score (nSPS) is 18.1. The van der Waals surface area contributed by atoms with Crippen molar-refractivity contribution in [2.24, 2.45) is 11.8 Å². The van der Waals surface area contributed by atoms with Gasteiger partial charge in [0, 0.05) is 46.3 Å². The molecule has 0 bridgehead atoms. The van der Waals surface area contributed by atoms with Gasteiger partial charge in [-0.2, -0.15) is 5.10 Å². The number of fused-ring (bicyclic) bond motifs is 3. The molecule has 0 saturated carbocycles. The van der Waals surface area contributed by atoms with Crippen LogP contribution in [0.1, 0.15) is 101 Å². The molecule has 49 heavy (non-hydrogen) atoms. The van der Waals surface area contributed by atoms with Crippen molar-refractivity contribution in [1.29, 1.82) is 0 Å². The molecule has 3 atom stereocenters. The Labute approximate surface area is 291 Å². The van der Waals surface area contributed by atoms with Crippen LogP contribution in [0.4, 0.5) is 0 Å². The quantitative estimate of drug-likeness (QED) is 0.146. The molecule has 0 saturated heterocycles. The van der Waals surface area contributed by atoms with Crippen molar-refractivity contribution < 1.29 is 4.74 Å². The van der Waals surface area contributed by atoms with E-state index < -0.39 is 0 Å². The summed E-state index contributed by atoms with van der Waals surface area (Å²) in [5.41, 5.74) is 11.1. The summed E-state index contributed by atoms with van der Waals surface area (Å²) in [6.45, 7) is 18.3. The summed E-state index contributed by atoms with van der Waals surface area (Å²) in [4.78, 5) is 4.76. The van der Waals surface area contributed by atoms with Crippen molar-refractivity contribution >= 4 is 21.8 Å². The van der Waals surface area contributed by atoms with E-state index in [1.54, 1.807) is 0 Å². The molecule has 1 aliphatic carbocycles. The van der Waals surface area contributed by atoms with Gasteiger partial charge in [-0.3, -0.25) is 4.57 Å². The van der Waals surface area contributed by atoms with Gasteiger partial charge >= 0.3 is 0 Å². The third-order valence-electron chi connectivity index (χ3n) is 10.3. The minimum Gasteiger partial charge on any atom is -0.457 e. The van der Waals surface area contributed by atoms with Gasteiger partial charge in [0.2, 0.25) is 0 Å². The standard InChI is InChI=1S/C44H50N4O/c1-9-10-14-39-43(42-31(7)20-29(5)21-32(42)8)44(27(2)3)46-48(39)33-22-30(6)23-35(25-33)49-34-16-17-37-36-13-11-12-15-38(36)47(40(37)26-34)41-24-28(4)18-19-45-41/h11-13,15-20,22-27,29,32,42H,9-10,14,21H2,1-8H3/t29-,32-,42?/m0/s1. The van der Waals surface area contributed by atoms with E-state index in [0.717, 1.165) is 58.9 Å². The molecule has 0 amide bonds. The van der Waals surface area contributed by atoms with Crippen LogP contribution in [-0.2, 0) is 6.42 Å². The molecule has 252 valence electrons. The zero-order valence-electron chi connectivity index (χ0n) is 30.4. The fourth-order valence-corrected chi connectivity index (χ4v) is 8.30. The monoisotopic (exact) mass is 650 g/mol. The van der Waals surface area contributed by atoms with Crippen LogP contribution in [-0.4, -0.2) is 19.3 Å². The van der Waals surface area contributed by atoms with Gasteiger partial charge in [-0.15, -0.1) is 0 Å². The van der Waals surface area contributed by atoms with E-state index >= 15 is 0 Å². The lowest BCUT2D eigenvalue weighted by molar-refractivity contribution is 0.388. The van der Waals surface area contributed by atoms with Gasteiger partial charge in [-0.05, 0) is 111 Å². The molecule has 0 fully saturated rings. The Morgan fingerprint density at radius 1 is 0.857 bits per heavy atom. The first-order valence-corrected chi connectivity index (χ1v) is 18.2. The molecule has 1 aliphatic rings. The Kier molecular flexibility index (Phi) is 8.96. The number of unbranched alkanes of at least 4 members (excludes halogenated alkanes) is 1. The molecule has 0 spiro atoms. The first-order valence-electron chi connectivity index (χ1n) is 18.2. The van der Waals surface area contributed by atoms with Gasteiger partial charge < -0.3 is 4.74 Å². The number of hydrogen-bond acceptors (Lipinski definition) is 3. The van der Waals surface area contributed by atoms with Crippen molar-refractivity contribution in [3.05, 3.63) is 119 Å². The first-order chi connectivity index (χ1) is 23.6. The summed E-state index contributed by atoms with van der Waals surface area (Å²) >= 11 is 0. The van der Waals surface area contributed by atoms with E-state index in [0.29, 0.717) is 23.7 Å². The predicted octanol–water partition coefficient (Wildman–Crippen LogP) is 11.9. The second kappa shape index (κ2) is 13.3. The summed E-state index contributed by atoms with van der Waals surface area (Å²) in [5, 5.41) is 7.81. The molecule has 7 rings (SSSR count). The Balaban J connectivity index is 1.33. The summed E-state index contributed by atoms with van der Waals surface area (Å²) < 4.78 is 11.2. The number of allylic oxidation sites excluding steroid dienone is 2. The number of nitrogens with zero attached hydrogens (tertiary/aromatic N) is 4. The van der Waals surface area contributed by atoms with Gasteiger partial charge in [0.15, 0.2) is 0 Å². The van der Waals surface area contributed by atoms with Crippen LogP contribution in [0.2, 0.25) is 0 Å². The molecule has 0 radical (unpaired) electrons. The molecule has 3 aromatic carbocycles. The van der Waals surface area contributed by atoms with Crippen LogP contribution in [0.5, 0.6) is 11.5 Å². The van der Waals surface area contributed by atoms with Gasteiger partial charge in [0.05, 0.1) is 22.4 Å². The summed E-state index contributed by atoms with van der Waals surface area (Å²) in [7, 11) is 0. The van der Waals surface area contributed by atoms with Crippen LogP contribution < -0.4 is 4.74 Å². The summed E-state index contributed by atoms with van der Waals surface area (Å²) in [6.07, 6.45) is 8.88. The van der Waals surface area contributed by atoms with Crippen molar-refractivity contribution in [1.82, 2.24) is 19.3 Å². The minimum absolute atomic E-state index is 0.331. The molecular formula is C44H50N4O. The van der Waals surface area contributed by atoms with Crippen molar-refractivity contribution in [3.63, 3.8) is 0 Å². The molecule has 1 unspecified atom stereocenters. The van der Waals surface area contributed by atoms with Crippen molar-refractivity contribution in [3.8, 4) is 23.0 Å². The average molecular weight is 651 g/mol. The smallest absolute Gasteiger partial charge is 0.137 e. The number of para-hydroxylation sites is 1. The number of benzene rings is 3. The van der Waals surface area contributed by atoms with Crippen LogP contribution in [0.15, 0.2) is 90.6 Å². The Morgan fingerprint density at radius 3 is 2.41 bits per heavy atom. The highest BCUT2D eigenvalue weighted by atomic mass is 16.5. The molecule has 5 nitrogen and oxygen atoms in total. The van der Waals surface area contributed by atoms with E-state index in [9.17, 15) is 0 Å². The number of pyridine rings is 1. The van der Waals surface area contributed by atoms with Crippen LogP contribution in [0, 0.1) is 25.7 Å². The molecule has 5 heteroatoms. The first kappa shape index (κ1) is 32.9. The van der Waals surface area contributed by atoms with E-state index in [1.807, 2.05) is 12.3 Å². The Morgan fingerprint density at radius 2 is 1.65 bits per heavy atom. The fourth-order valence-electron chi connectivity index (χ4n) is 8.30. The van der Waals surface area contributed by atoms with Gasteiger partial charge in [-0.1, -0.05) is 70.9 Å². The van der Waals surface area contributed by atoms with Crippen LogP contribution in [0.3, 0.4) is 0 Å². The Hall–Kier alpha value is -4.64. The van der Waals surface area contributed by atoms with E-state index in [-0.39, 0.29) is 0 Å². The maximum absolute atomic E-state index is 6.72. The molecule has 0 aliphatic heterocycles. The summed E-state index contributed by atoms with van der Waals surface area (Å²) in [5.74, 6) is 4.44. The number of hydrogen-bond donors (Lipinski definition) is 0. The lowest BCUT2D eigenvalue weighted by atomic mass is 9.71. The lowest BCUT2D eigenvalue weighted by Crippen LogP contribution is -2.21. The third-order valence-corrected chi connectivity index (χ3v) is 10.3. The maximum atomic E-state index is 6.72. The molecule has 3 heterocycles. The highest BCUT2D eigenvalue weighted by Crippen LogP contribution is 2.45. The molecular weight excluding hydrogens is 601 g/mol. The number of rotatable bonds is 9. The van der Waals surface area contributed by atoms with Crippen molar-refractivity contribution in [2.45, 2.75) is 92.9 Å². The van der Waals surface area contributed by atoms with E-state index in [2.05, 4.69) is 137 Å². The number of aromatic nitrogens is 4. The summed E-state index contributed by atoms with van der Waals surface area (Å²) in [6, 6.07) is 25.7. The predicted molar refractivity (Wildman–Crippen MR) is 204 cm³/mol. The van der Waals surface area contributed by atoms with E-state index in [4.69, 9.17) is 14.8 Å². The van der Waals surface area contributed by atoms with Crippen LogP contribution in [0.25, 0.3) is 33.3 Å². The SMILES string of the molecule is CCCCc1c(C2C(C)=C[C@H](C)C[C@@H]2C)c(C(C)C)nn1-c1cc(C)cc(Oc2ccc3c4ccccc4n(-c4cc(C)ccn4)c3c2)c1. The van der Waals surface area contributed by atoms with Gasteiger partial charge in [0.1, 0.15) is 17.3 Å². The number of ether oxygens (including phenoxy) is 1. The fraction of sp³-hybridized carbons (Fsp3) is 0.364. The zero-order chi connectivity index (χ0) is 34.4. The van der Waals surface area contributed by atoms with Crippen LogP contribution >= 0.6 is 0 Å². The molecule has 3 aromatic heterocycles. The zero-order valence-corrected chi connectivity index (χ0v) is 30.4. The lowest BCUT2D eigenvalue weighted by Gasteiger charge is -2.33. The van der Waals surface area contributed by atoms with Gasteiger partial charge in [0.25, 0.3) is 0 Å². The number of aryl methyl sites for hydroxylation is 2. The highest BCUT2D eigenvalue weighted by Gasteiger charge is 2.34. The molecule has 6 aromatic rings. The highest BCUT2D eigenvalue weighted by molar-refractivity contribution is 6.09. The maximum Gasteiger partial charge on any atom is 0.137 e.